The van der Waals surface area contributed by atoms with E-state index in [2.05, 4.69) is 10.6 Å². The van der Waals surface area contributed by atoms with Gasteiger partial charge in [-0.15, -0.1) is 0 Å². The fraction of sp³-hybridized carbons (Fsp3) is 0.529. The number of carbonyl (C=O) groups is 2. The van der Waals surface area contributed by atoms with Crippen LogP contribution >= 0.6 is 0 Å². The average Bonchev–Trinajstić information content (AvgIpc) is 2.78. The fourth-order valence-electron chi connectivity index (χ4n) is 3.60. The van der Waals surface area contributed by atoms with Crippen molar-refractivity contribution >= 4 is 17.4 Å². The van der Waals surface area contributed by atoms with Gasteiger partial charge in [-0.1, -0.05) is 0 Å². The first-order valence-corrected chi connectivity index (χ1v) is 7.77. The van der Waals surface area contributed by atoms with Crippen LogP contribution < -0.4 is 10.6 Å². The van der Waals surface area contributed by atoms with E-state index in [9.17, 15) is 9.59 Å². The van der Waals surface area contributed by atoms with Crippen LogP contribution in [0.4, 0.5) is 5.69 Å². The molecule has 4 nitrogen and oxygen atoms in total. The SMILES string of the molecule is CC(=O)c1ccc(NC(=O)CC2CC3CCC(C2)N3)cc1. The molecule has 0 aromatic heterocycles. The van der Waals surface area contributed by atoms with Crippen molar-refractivity contribution in [2.45, 2.75) is 51.1 Å². The minimum Gasteiger partial charge on any atom is -0.326 e. The van der Waals surface area contributed by atoms with Crippen LogP contribution in [0.5, 0.6) is 0 Å². The lowest BCUT2D eigenvalue weighted by Gasteiger charge is -2.28. The van der Waals surface area contributed by atoms with E-state index < -0.39 is 0 Å². The van der Waals surface area contributed by atoms with Gasteiger partial charge in [0.1, 0.15) is 0 Å². The molecule has 1 amide bonds. The number of ketones is 1. The minimum atomic E-state index is 0.0399. The minimum absolute atomic E-state index is 0.0399. The molecule has 1 aromatic rings. The highest BCUT2D eigenvalue weighted by molar-refractivity contribution is 5.95. The first kappa shape index (κ1) is 14.3. The van der Waals surface area contributed by atoms with Gasteiger partial charge >= 0.3 is 0 Å². The number of fused-ring (bicyclic) bond motifs is 2. The van der Waals surface area contributed by atoms with Crippen LogP contribution in [0.3, 0.4) is 0 Å². The van der Waals surface area contributed by atoms with E-state index in [4.69, 9.17) is 0 Å². The Morgan fingerprint density at radius 2 is 1.76 bits per heavy atom. The smallest absolute Gasteiger partial charge is 0.224 e. The van der Waals surface area contributed by atoms with Crippen molar-refractivity contribution in [1.29, 1.82) is 0 Å². The van der Waals surface area contributed by atoms with Crippen LogP contribution in [0.1, 0.15) is 49.4 Å². The molecule has 2 heterocycles. The number of benzene rings is 1. The van der Waals surface area contributed by atoms with Crippen LogP contribution in [0.15, 0.2) is 24.3 Å². The van der Waals surface area contributed by atoms with Gasteiger partial charge in [0.15, 0.2) is 5.78 Å². The van der Waals surface area contributed by atoms with Gasteiger partial charge in [-0.3, -0.25) is 9.59 Å². The van der Waals surface area contributed by atoms with E-state index in [1.807, 2.05) is 0 Å². The zero-order valence-corrected chi connectivity index (χ0v) is 12.4. The highest BCUT2D eigenvalue weighted by atomic mass is 16.1. The third-order valence-corrected chi connectivity index (χ3v) is 4.62. The van der Waals surface area contributed by atoms with Crippen LogP contribution in [0.2, 0.25) is 0 Å². The van der Waals surface area contributed by atoms with Crippen LogP contribution in [0.25, 0.3) is 0 Å². The van der Waals surface area contributed by atoms with Gasteiger partial charge in [0.2, 0.25) is 5.91 Å². The van der Waals surface area contributed by atoms with Gasteiger partial charge in [-0.25, -0.2) is 0 Å². The Labute approximate surface area is 125 Å². The topological polar surface area (TPSA) is 58.2 Å². The summed E-state index contributed by atoms with van der Waals surface area (Å²) in [6, 6.07) is 8.33. The predicted octanol–water partition coefficient (Wildman–Crippen LogP) is 2.75. The summed E-state index contributed by atoms with van der Waals surface area (Å²) in [6.45, 7) is 1.54. The Kier molecular flexibility index (Phi) is 4.06. The number of nitrogens with one attached hydrogen (secondary N) is 2. The second-order valence-corrected chi connectivity index (χ2v) is 6.36. The highest BCUT2D eigenvalue weighted by Crippen LogP contribution is 2.32. The van der Waals surface area contributed by atoms with Crippen LogP contribution in [0, 0.1) is 5.92 Å². The van der Waals surface area contributed by atoms with E-state index in [-0.39, 0.29) is 11.7 Å². The first-order valence-electron chi connectivity index (χ1n) is 7.77. The fourth-order valence-corrected chi connectivity index (χ4v) is 3.60. The Morgan fingerprint density at radius 1 is 1.14 bits per heavy atom. The first-order chi connectivity index (χ1) is 10.1. The Bertz CT molecular complexity index is 526. The van der Waals surface area contributed by atoms with Crippen molar-refractivity contribution < 1.29 is 9.59 Å². The molecule has 112 valence electrons. The van der Waals surface area contributed by atoms with Gasteiger partial charge in [-0.2, -0.15) is 0 Å². The molecule has 0 spiro atoms. The Hall–Kier alpha value is -1.68. The van der Waals surface area contributed by atoms with E-state index in [1.54, 1.807) is 31.2 Å². The summed E-state index contributed by atoms with van der Waals surface area (Å²) in [7, 11) is 0. The summed E-state index contributed by atoms with van der Waals surface area (Å²) in [5, 5.41) is 6.53. The number of carbonyl (C=O) groups excluding carboxylic acids is 2. The van der Waals surface area contributed by atoms with Gasteiger partial charge in [0.05, 0.1) is 0 Å². The number of Topliss-reactive ketones (excluding diaryl/α,β-unsaturated/α-hetero) is 1. The molecule has 21 heavy (non-hydrogen) atoms. The molecule has 2 fully saturated rings. The zero-order chi connectivity index (χ0) is 14.8. The summed E-state index contributed by atoms with van der Waals surface area (Å²) >= 11 is 0. The second-order valence-electron chi connectivity index (χ2n) is 6.36. The third kappa shape index (κ3) is 3.50. The normalized spacial score (nSPS) is 27.4. The van der Waals surface area contributed by atoms with Gasteiger partial charge < -0.3 is 10.6 Å². The monoisotopic (exact) mass is 286 g/mol. The summed E-state index contributed by atoms with van der Waals surface area (Å²) in [5.74, 6) is 0.621. The second kappa shape index (κ2) is 5.98. The molecule has 0 radical (unpaired) electrons. The van der Waals surface area contributed by atoms with Gasteiger partial charge in [0.25, 0.3) is 0 Å². The van der Waals surface area contributed by atoms with Crippen molar-refractivity contribution in [3.05, 3.63) is 29.8 Å². The molecule has 1 aromatic carbocycles. The number of rotatable bonds is 4. The number of amides is 1. The molecule has 2 unspecified atom stereocenters. The summed E-state index contributed by atoms with van der Waals surface area (Å²) in [4.78, 5) is 23.4. The van der Waals surface area contributed by atoms with Gasteiger partial charge in [0, 0.05) is 29.8 Å². The third-order valence-electron chi connectivity index (χ3n) is 4.62. The lowest BCUT2D eigenvalue weighted by molar-refractivity contribution is -0.117. The molecular formula is C17H22N2O2. The summed E-state index contributed by atoms with van der Waals surface area (Å²) in [5.41, 5.74) is 1.44. The van der Waals surface area contributed by atoms with E-state index in [0.717, 1.165) is 18.5 Å². The van der Waals surface area contributed by atoms with E-state index in [1.165, 1.54) is 12.8 Å². The van der Waals surface area contributed by atoms with Gasteiger partial charge in [-0.05, 0) is 62.8 Å². The molecule has 2 saturated heterocycles. The van der Waals surface area contributed by atoms with Crippen LogP contribution in [-0.2, 0) is 4.79 Å². The quantitative estimate of drug-likeness (QED) is 0.837. The predicted molar refractivity (Wildman–Crippen MR) is 82.4 cm³/mol. The molecule has 2 N–H and O–H groups in total. The average molecular weight is 286 g/mol. The number of piperidine rings is 1. The molecule has 4 heteroatoms. The zero-order valence-electron chi connectivity index (χ0n) is 12.4. The molecule has 3 rings (SSSR count). The molecular weight excluding hydrogens is 264 g/mol. The number of hydrogen-bond acceptors (Lipinski definition) is 3. The van der Waals surface area contributed by atoms with Crippen molar-refractivity contribution in [3.8, 4) is 0 Å². The van der Waals surface area contributed by atoms with Crippen LogP contribution in [-0.4, -0.2) is 23.8 Å². The summed E-state index contributed by atoms with van der Waals surface area (Å²) in [6.07, 6.45) is 5.36. The Balaban J connectivity index is 1.53. The van der Waals surface area contributed by atoms with Crippen molar-refractivity contribution in [1.82, 2.24) is 5.32 Å². The molecule has 0 aliphatic carbocycles. The molecule has 2 aliphatic heterocycles. The Morgan fingerprint density at radius 3 is 2.33 bits per heavy atom. The lowest BCUT2D eigenvalue weighted by atomic mass is 9.89. The summed E-state index contributed by atoms with van der Waals surface area (Å²) < 4.78 is 0. The maximum atomic E-state index is 12.1. The van der Waals surface area contributed by atoms with Crippen molar-refractivity contribution in [2.24, 2.45) is 5.92 Å². The van der Waals surface area contributed by atoms with Crippen molar-refractivity contribution in [2.75, 3.05) is 5.32 Å². The lowest BCUT2D eigenvalue weighted by Crippen LogP contribution is -2.39. The molecule has 2 bridgehead atoms. The molecule has 2 atom stereocenters. The number of anilines is 1. The van der Waals surface area contributed by atoms with Crippen molar-refractivity contribution in [3.63, 3.8) is 0 Å². The number of hydrogen-bond donors (Lipinski definition) is 2. The standard InChI is InChI=1S/C17H22N2O2/c1-11(20)13-2-4-14(5-3-13)19-17(21)10-12-8-15-6-7-16(9-12)18-15/h2-5,12,15-16,18H,6-10H2,1H3,(H,19,21). The van der Waals surface area contributed by atoms with E-state index >= 15 is 0 Å². The largest absolute Gasteiger partial charge is 0.326 e. The maximum Gasteiger partial charge on any atom is 0.224 e. The molecule has 0 saturated carbocycles. The maximum absolute atomic E-state index is 12.1. The van der Waals surface area contributed by atoms with E-state index in [0.29, 0.717) is 30.0 Å². The molecule has 2 aliphatic rings. The highest BCUT2D eigenvalue weighted by Gasteiger charge is 2.34.